The van der Waals surface area contributed by atoms with Gasteiger partial charge in [0.05, 0.1) is 28.8 Å². The minimum Gasteiger partial charge on any atom is -0.495 e. The van der Waals surface area contributed by atoms with Gasteiger partial charge in [-0.15, -0.1) is 0 Å². The summed E-state index contributed by atoms with van der Waals surface area (Å²) in [5, 5.41) is 4.29. The largest absolute Gasteiger partial charge is 0.495 e. The van der Waals surface area contributed by atoms with Crippen molar-refractivity contribution < 1.29 is 4.74 Å². The van der Waals surface area contributed by atoms with E-state index in [-0.39, 0.29) is 0 Å². The number of benzene rings is 1. The summed E-state index contributed by atoms with van der Waals surface area (Å²) in [5.74, 6) is 1.14. The first-order valence-corrected chi connectivity index (χ1v) is 7.27. The van der Waals surface area contributed by atoms with Gasteiger partial charge < -0.3 is 10.5 Å². The highest BCUT2D eigenvalue weighted by Gasteiger charge is 2.07. The van der Waals surface area contributed by atoms with Crippen LogP contribution in [0.25, 0.3) is 0 Å². The normalized spacial score (nSPS) is 11.2. The van der Waals surface area contributed by atoms with E-state index in [1.54, 1.807) is 19.5 Å². The fourth-order valence-corrected chi connectivity index (χ4v) is 3.38. The maximum Gasteiger partial charge on any atom is 0.221 e. The lowest BCUT2D eigenvalue weighted by molar-refractivity contribution is 0.411. The highest BCUT2D eigenvalue weighted by Crippen LogP contribution is 2.28. The number of anilines is 1. The molecule has 5 nitrogen and oxygen atoms in total. The summed E-state index contributed by atoms with van der Waals surface area (Å²) in [7, 11) is 1.64. The lowest BCUT2D eigenvalue weighted by atomic mass is 10.2. The van der Waals surface area contributed by atoms with Gasteiger partial charge in [0, 0.05) is 10.0 Å². The summed E-state index contributed by atoms with van der Waals surface area (Å²) < 4.78 is 8.88. The second kappa shape index (κ2) is 5.91. The SMILES string of the molecule is COc1c(I)cc(Br)cc1C=Nn1cc(C)nc1N. The van der Waals surface area contributed by atoms with Crippen molar-refractivity contribution in [1.82, 2.24) is 9.66 Å². The van der Waals surface area contributed by atoms with E-state index >= 15 is 0 Å². The Morgan fingerprint density at radius 2 is 2.26 bits per heavy atom. The second-order valence-corrected chi connectivity index (χ2v) is 5.92. The average molecular weight is 435 g/mol. The van der Waals surface area contributed by atoms with Gasteiger partial charge in [-0.1, -0.05) is 15.9 Å². The van der Waals surface area contributed by atoms with E-state index in [4.69, 9.17) is 10.5 Å². The highest BCUT2D eigenvalue weighted by atomic mass is 127. The molecule has 2 rings (SSSR count). The molecule has 0 aliphatic carbocycles. The molecule has 0 saturated carbocycles. The van der Waals surface area contributed by atoms with Crippen molar-refractivity contribution in [3.8, 4) is 5.75 Å². The number of hydrogen-bond donors (Lipinski definition) is 1. The van der Waals surface area contributed by atoms with E-state index < -0.39 is 0 Å². The van der Waals surface area contributed by atoms with Crippen LogP contribution in [-0.2, 0) is 0 Å². The summed E-state index contributed by atoms with van der Waals surface area (Å²) in [5.41, 5.74) is 7.42. The molecule has 1 heterocycles. The molecule has 0 unspecified atom stereocenters. The molecule has 0 fully saturated rings. The zero-order valence-electron chi connectivity index (χ0n) is 10.4. The first-order chi connectivity index (χ1) is 9.01. The number of nitrogens with two attached hydrogens (primary N) is 1. The van der Waals surface area contributed by atoms with Gasteiger partial charge in [0.15, 0.2) is 0 Å². The Kier molecular flexibility index (Phi) is 4.46. The molecule has 0 spiro atoms. The van der Waals surface area contributed by atoms with Crippen LogP contribution in [0.5, 0.6) is 5.75 Å². The Morgan fingerprint density at radius 1 is 1.53 bits per heavy atom. The number of nitrogens with zero attached hydrogens (tertiary/aromatic N) is 3. The van der Waals surface area contributed by atoms with Gasteiger partial charge in [-0.25, -0.2) is 9.66 Å². The molecule has 0 aliphatic rings. The number of nitrogen functional groups attached to an aromatic ring is 1. The third-order valence-corrected chi connectivity index (χ3v) is 3.66. The van der Waals surface area contributed by atoms with Crippen LogP contribution in [0.15, 0.2) is 27.9 Å². The van der Waals surface area contributed by atoms with Gasteiger partial charge in [0.25, 0.3) is 0 Å². The Morgan fingerprint density at radius 3 is 2.84 bits per heavy atom. The predicted octanol–water partition coefficient (Wildman–Crippen LogP) is 3.03. The quantitative estimate of drug-likeness (QED) is 0.596. The summed E-state index contributed by atoms with van der Waals surface area (Å²) >= 11 is 5.67. The average Bonchev–Trinajstić information content (AvgIpc) is 2.64. The molecule has 0 saturated heterocycles. The molecule has 0 atom stereocenters. The first kappa shape index (κ1) is 14.3. The lowest BCUT2D eigenvalue weighted by Gasteiger charge is -2.07. The van der Waals surface area contributed by atoms with Crippen LogP contribution in [0.3, 0.4) is 0 Å². The summed E-state index contributed by atoms with van der Waals surface area (Å²) in [6, 6.07) is 3.91. The molecule has 19 heavy (non-hydrogen) atoms. The van der Waals surface area contributed by atoms with Gasteiger partial charge in [-0.2, -0.15) is 5.10 Å². The molecule has 0 amide bonds. The molecule has 100 valence electrons. The van der Waals surface area contributed by atoms with E-state index in [2.05, 4.69) is 48.6 Å². The summed E-state index contributed by atoms with van der Waals surface area (Å²) in [6.45, 7) is 1.87. The number of imidazole rings is 1. The zero-order valence-corrected chi connectivity index (χ0v) is 14.1. The van der Waals surface area contributed by atoms with Gasteiger partial charge in [0.2, 0.25) is 5.95 Å². The van der Waals surface area contributed by atoms with Crippen LogP contribution < -0.4 is 10.5 Å². The van der Waals surface area contributed by atoms with Crippen LogP contribution in [0, 0.1) is 10.5 Å². The number of hydrogen-bond acceptors (Lipinski definition) is 4. The van der Waals surface area contributed by atoms with Crippen LogP contribution >= 0.6 is 38.5 Å². The topological polar surface area (TPSA) is 65.4 Å². The van der Waals surface area contributed by atoms with Gasteiger partial charge in [-0.05, 0) is 41.6 Å². The van der Waals surface area contributed by atoms with Crippen LogP contribution in [0.2, 0.25) is 0 Å². The maximum atomic E-state index is 5.73. The van der Waals surface area contributed by atoms with Crippen LogP contribution in [0.1, 0.15) is 11.3 Å². The molecular weight excluding hydrogens is 423 g/mol. The molecule has 7 heteroatoms. The van der Waals surface area contributed by atoms with E-state index in [0.717, 1.165) is 25.0 Å². The van der Waals surface area contributed by atoms with E-state index in [1.165, 1.54) is 4.68 Å². The van der Waals surface area contributed by atoms with E-state index in [0.29, 0.717) is 5.95 Å². The minimum atomic E-state index is 0.359. The molecule has 2 N–H and O–H groups in total. The molecule has 1 aromatic heterocycles. The van der Waals surface area contributed by atoms with Crippen LogP contribution in [-0.4, -0.2) is 23.0 Å². The maximum absolute atomic E-state index is 5.73. The van der Waals surface area contributed by atoms with Crippen molar-refractivity contribution in [2.45, 2.75) is 6.92 Å². The second-order valence-electron chi connectivity index (χ2n) is 3.84. The van der Waals surface area contributed by atoms with Gasteiger partial charge in [-0.3, -0.25) is 0 Å². The Hall–Kier alpha value is -1.09. The molecule has 0 radical (unpaired) electrons. The minimum absolute atomic E-state index is 0.359. The van der Waals surface area contributed by atoms with E-state index in [1.807, 2.05) is 19.1 Å². The van der Waals surface area contributed by atoms with Gasteiger partial charge in [0.1, 0.15) is 5.75 Å². The van der Waals surface area contributed by atoms with Crippen molar-refractivity contribution in [3.63, 3.8) is 0 Å². The van der Waals surface area contributed by atoms with Crippen molar-refractivity contribution >= 4 is 50.7 Å². The number of methoxy groups -OCH3 is 1. The molecule has 0 bridgehead atoms. The van der Waals surface area contributed by atoms with Crippen LogP contribution in [0.4, 0.5) is 5.95 Å². The van der Waals surface area contributed by atoms with Crippen molar-refractivity contribution in [3.05, 3.63) is 37.6 Å². The summed E-state index contributed by atoms with van der Waals surface area (Å²) in [4.78, 5) is 4.09. The number of halogens is 2. The molecular formula is C12H12BrIN4O. The standard InChI is InChI=1S/C12H12BrIN4O/c1-7-6-18(12(15)17-7)16-5-8-3-9(13)4-10(14)11(8)19-2/h3-6H,1-2H3,(H2,15,17). The third kappa shape index (κ3) is 3.27. The molecule has 0 aliphatic heterocycles. The van der Waals surface area contributed by atoms with Crippen molar-refractivity contribution in [2.75, 3.05) is 12.8 Å². The predicted molar refractivity (Wildman–Crippen MR) is 87.8 cm³/mol. The van der Waals surface area contributed by atoms with Crippen molar-refractivity contribution in [2.24, 2.45) is 5.10 Å². The molecule has 2 aromatic rings. The monoisotopic (exact) mass is 434 g/mol. The number of aryl methyl sites for hydroxylation is 1. The number of ether oxygens (including phenoxy) is 1. The summed E-state index contributed by atoms with van der Waals surface area (Å²) in [6.07, 6.45) is 3.46. The fraction of sp³-hybridized carbons (Fsp3) is 0.167. The van der Waals surface area contributed by atoms with Crippen molar-refractivity contribution in [1.29, 1.82) is 0 Å². The Labute approximate surface area is 133 Å². The highest BCUT2D eigenvalue weighted by molar-refractivity contribution is 14.1. The Bertz CT molecular complexity index is 639. The van der Waals surface area contributed by atoms with E-state index in [9.17, 15) is 0 Å². The smallest absolute Gasteiger partial charge is 0.221 e. The fourth-order valence-electron chi connectivity index (χ4n) is 1.61. The first-order valence-electron chi connectivity index (χ1n) is 5.40. The number of aromatic nitrogens is 2. The Balaban J connectivity index is 2.40. The van der Waals surface area contributed by atoms with Gasteiger partial charge >= 0.3 is 0 Å². The zero-order chi connectivity index (χ0) is 14.0. The lowest BCUT2D eigenvalue weighted by Crippen LogP contribution is -1.99. The number of rotatable bonds is 3. The molecule has 1 aromatic carbocycles. The third-order valence-electron chi connectivity index (χ3n) is 2.40.